The van der Waals surface area contributed by atoms with Crippen LogP contribution in [0.15, 0.2) is 24.3 Å². The quantitative estimate of drug-likeness (QED) is 0.689. The fourth-order valence-corrected chi connectivity index (χ4v) is 2.25. The van der Waals surface area contributed by atoms with Crippen LogP contribution in [0.3, 0.4) is 0 Å². The van der Waals surface area contributed by atoms with Crippen LogP contribution in [0.5, 0.6) is 0 Å². The van der Waals surface area contributed by atoms with Crippen molar-refractivity contribution >= 4 is 23.4 Å². The van der Waals surface area contributed by atoms with E-state index >= 15 is 0 Å². The Hall–Kier alpha value is -0.180. The lowest BCUT2D eigenvalue weighted by molar-refractivity contribution is 0.145. The van der Waals surface area contributed by atoms with E-state index in [0.29, 0.717) is 0 Å². The number of hydrogen-bond acceptors (Lipinski definition) is 2. The van der Waals surface area contributed by atoms with Gasteiger partial charge in [-0.15, -0.1) is 11.8 Å². The van der Waals surface area contributed by atoms with E-state index in [1.54, 1.807) is 0 Å². The molecule has 0 aliphatic carbocycles. The van der Waals surface area contributed by atoms with E-state index in [9.17, 15) is 0 Å². The van der Waals surface area contributed by atoms with Crippen molar-refractivity contribution in [1.82, 2.24) is 0 Å². The minimum absolute atomic E-state index is 0.224. The summed E-state index contributed by atoms with van der Waals surface area (Å²) in [5.74, 6) is 1.09. The van der Waals surface area contributed by atoms with E-state index in [0.717, 1.165) is 17.4 Å². The second kappa shape index (κ2) is 3.69. The molecule has 3 heteroatoms. The summed E-state index contributed by atoms with van der Waals surface area (Å²) in [6, 6.07) is 7.84. The summed E-state index contributed by atoms with van der Waals surface area (Å²) in [4.78, 5) is 0. The average Bonchev–Trinajstić information content (AvgIpc) is 2.58. The summed E-state index contributed by atoms with van der Waals surface area (Å²) < 4.78 is 5.50. The molecule has 1 nitrogen and oxygen atoms in total. The van der Waals surface area contributed by atoms with Gasteiger partial charge in [-0.1, -0.05) is 23.7 Å². The van der Waals surface area contributed by atoms with Gasteiger partial charge in [0, 0.05) is 10.8 Å². The Morgan fingerprint density at radius 3 is 2.67 bits per heavy atom. The fourth-order valence-electron chi connectivity index (χ4n) is 1.17. The molecule has 0 unspecified atom stereocenters. The SMILES string of the molecule is Clc1ccc([C@H]2OCCS2)cc1. The zero-order valence-electron chi connectivity index (χ0n) is 6.50. The maximum absolute atomic E-state index is 5.77. The first kappa shape index (κ1) is 8.42. The Morgan fingerprint density at radius 1 is 1.33 bits per heavy atom. The lowest BCUT2D eigenvalue weighted by Gasteiger charge is -2.07. The van der Waals surface area contributed by atoms with E-state index in [4.69, 9.17) is 16.3 Å². The van der Waals surface area contributed by atoms with Crippen molar-refractivity contribution in [3.63, 3.8) is 0 Å². The van der Waals surface area contributed by atoms with Gasteiger partial charge in [0.05, 0.1) is 6.61 Å². The first-order valence-electron chi connectivity index (χ1n) is 3.85. The van der Waals surface area contributed by atoms with Crippen LogP contribution in [-0.2, 0) is 4.74 Å². The average molecular weight is 201 g/mol. The van der Waals surface area contributed by atoms with Crippen molar-refractivity contribution in [2.75, 3.05) is 12.4 Å². The molecular weight excluding hydrogens is 192 g/mol. The van der Waals surface area contributed by atoms with Crippen LogP contribution in [-0.4, -0.2) is 12.4 Å². The fraction of sp³-hybridized carbons (Fsp3) is 0.333. The van der Waals surface area contributed by atoms with Crippen LogP contribution >= 0.6 is 23.4 Å². The summed E-state index contributed by atoms with van der Waals surface area (Å²) in [6.07, 6.45) is 0. The van der Waals surface area contributed by atoms with Gasteiger partial charge >= 0.3 is 0 Å². The Kier molecular flexibility index (Phi) is 2.59. The molecule has 0 saturated carbocycles. The lowest BCUT2D eigenvalue weighted by atomic mass is 10.2. The standard InChI is InChI=1S/C9H9ClOS/c10-8-3-1-7(2-4-8)9-11-5-6-12-9/h1-4,9H,5-6H2/t9-/m0/s1. The van der Waals surface area contributed by atoms with E-state index in [1.807, 2.05) is 36.0 Å². The third kappa shape index (κ3) is 1.76. The molecule has 1 aromatic rings. The number of ether oxygens (including phenoxy) is 1. The number of rotatable bonds is 1. The first-order chi connectivity index (χ1) is 5.86. The van der Waals surface area contributed by atoms with Crippen molar-refractivity contribution in [3.8, 4) is 0 Å². The zero-order valence-corrected chi connectivity index (χ0v) is 8.07. The number of thioether (sulfide) groups is 1. The lowest BCUT2D eigenvalue weighted by Crippen LogP contribution is -1.91. The van der Waals surface area contributed by atoms with Crippen molar-refractivity contribution < 1.29 is 4.74 Å². The smallest absolute Gasteiger partial charge is 0.128 e. The van der Waals surface area contributed by atoms with E-state index in [-0.39, 0.29) is 5.44 Å². The highest BCUT2D eigenvalue weighted by Crippen LogP contribution is 2.34. The molecular formula is C9H9ClOS. The van der Waals surface area contributed by atoms with Crippen molar-refractivity contribution in [2.24, 2.45) is 0 Å². The van der Waals surface area contributed by atoms with E-state index < -0.39 is 0 Å². The van der Waals surface area contributed by atoms with Crippen LogP contribution in [0.2, 0.25) is 5.02 Å². The van der Waals surface area contributed by atoms with Crippen LogP contribution in [0.4, 0.5) is 0 Å². The van der Waals surface area contributed by atoms with E-state index in [2.05, 4.69) is 0 Å². The van der Waals surface area contributed by atoms with Crippen molar-refractivity contribution in [1.29, 1.82) is 0 Å². The highest BCUT2D eigenvalue weighted by atomic mass is 35.5. The second-order valence-corrected chi connectivity index (χ2v) is 4.23. The predicted molar refractivity (Wildman–Crippen MR) is 52.6 cm³/mol. The van der Waals surface area contributed by atoms with Crippen molar-refractivity contribution in [3.05, 3.63) is 34.9 Å². The predicted octanol–water partition coefficient (Wildman–Crippen LogP) is 3.10. The normalized spacial score (nSPS) is 22.9. The Labute approximate surface area is 81.1 Å². The van der Waals surface area contributed by atoms with Gasteiger partial charge in [0.2, 0.25) is 0 Å². The van der Waals surface area contributed by atoms with Gasteiger partial charge in [-0.3, -0.25) is 0 Å². The molecule has 1 aromatic carbocycles. The van der Waals surface area contributed by atoms with Crippen LogP contribution < -0.4 is 0 Å². The maximum Gasteiger partial charge on any atom is 0.128 e. The molecule has 1 heterocycles. The van der Waals surface area contributed by atoms with Gasteiger partial charge in [-0.2, -0.15) is 0 Å². The van der Waals surface area contributed by atoms with E-state index in [1.165, 1.54) is 5.56 Å². The summed E-state index contributed by atoms with van der Waals surface area (Å²) in [6.45, 7) is 0.859. The maximum atomic E-state index is 5.77. The summed E-state index contributed by atoms with van der Waals surface area (Å²) >= 11 is 7.61. The van der Waals surface area contributed by atoms with Gasteiger partial charge in [0.15, 0.2) is 0 Å². The summed E-state index contributed by atoms with van der Waals surface area (Å²) in [5.41, 5.74) is 1.43. The Morgan fingerprint density at radius 2 is 2.08 bits per heavy atom. The highest BCUT2D eigenvalue weighted by Gasteiger charge is 2.17. The first-order valence-corrected chi connectivity index (χ1v) is 5.27. The number of hydrogen-bond donors (Lipinski definition) is 0. The molecule has 0 bridgehead atoms. The molecule has 0 N–H and O–H groups in total. The van der Waals surface area contributed by atoms with Gasteiger partial charge in [-0.25, -0.2) is 0 Å². The molecule has 1 fully saturated rings. The zero-order chi connectivity index (χ0) is 8.39. The molecule has 2 rings (SSSR count). The molecule has 0 radical (unpaired) electrons. The highest BCUT2D eigenvalue weighted by molar-refractivity contribution is 7.99. The van der Waals surface area contributed by atoms with Gasteiger partial charge in [0.1, 0.15) is 5.44 Å². The van der Waals surface area contributed by atoms with Crippen LogP contribution in [0, 0.1) is 0 Å². The minimum atomic E-state index is 0.224. The largest absolute Gasteiger partial charge is 0.362 e. The minimum Gasteiger partial charge on any atom is -0.362 e. The summed E-state index contributed by atoms with van der Waals surface area (Å²) in [7, 11) is 0. The third-order valence-corrected chi connectivity index (χ3v) is 3.13. The molecule has 1 saturated heterocycles. The molecule has 64 valence electrons. The van der Waals surface area contributed by atoms with Gasteiger partial charge in [0.25, 0.3) is 0 Å². The van der Waals surface area contributed by atoms with Gasteiger partial charge < -0.3 is 4.74 Å². The molecule has 1 aliphatic heterocycles. The molecule has 1 atom stereocenters. The van der Waals surface area contributed by atoms with Crippen molar-refractivity contribution in [2.45, 2.75) is 5.44 Å². The summed E-state index contributed by atoms with van der Waals surface area (Å²) in [5, 5.41) is 0.779. The second-order valence-electron chi connectivity index (χ2n) is 2.63. The Balaban J connectivity index is 2.17. The molecule has 12 heavy (non-hydrogen) atoms. The third-order valence-electron chi connectivity index (χ3n) is 1.76. The number of benzene rings is 1. The van der Waals surface area contributed by atoms with Crippen LogP contribution in [0.1, 0.15) is 11.0 Å². The topological polar surface area (TPSA) is 9.23 Å². The molecule has 1 aliphatic rings. The molecule has 0 aromatic heterocycles. The molecule has 0 spiro atoms. The van der Waals surface area contributed by atoms with Crippen LogP contribution in [0.25, 0.3) is 0 Å². The number of halogens is 1. The molecule has 0 amide bonds. The Bertz CT molecular complexity index is 254. The van der Waals surface area contributed by atoms with Gasteiger partial charge in [-0.05, 0) is 17.7 Å². The monoisotopic (exact) mass is 200 g/mol.